The minimum Gasteiger partial charge on any atom is -0.354 e. The third kappa shape index (κ3) is 4.94. The number of carbonyl (C=O) groups excluding carboxylic acids is 1. The van der Waals surface area contributed by atoms with Crippen LogP contribution in [0.15, 0.2) is 18.3 Å². The van der Waals surface area contributed by atoms with Gasteiger partial charge in [-0.3, -0.25) is 10.2 Å². The van der Waals surface area contributed by atoms with Crippen molar-refractivity contribution in [2.45, 2.75) is 51.5 Å². The van der Waals surface area contributed by atoms with Crippen molar-refractivity contribution < 1.29 is 9.63 Å². The van der Waals surface area contributed by atoms with E-state index in [2.05, 4.69) is 27.0 Å². The molecule has 7 nitrogen and oxygen atoms in total. The van der Waals surface area contributed by atoms with Gasteiger partial charge in [0.2, 0.25) is 0 Å². The first-order valence-electron chi connectivity index (χ1n) is 10.9. The van der Waals surface area contributed by atoms with Crippen molar-refractivity contribution in [2.24, 2.45) is 5.92 Å². The molecule has 28 heavy (non-hydrogen) atoms. The number of anilines is 2. The molecule has 7 heteroatoms. The lowest BCUT2D eigenvalue weighted by Crippen LogP contribution is -2.50. The molecule has 1 atom stereocenters. The number of nitrogens with zero attached hydrogens (tertiary/aromatic N) is 4. The lowest BCUT2D eigenvalue weighted by Gasteiger charge is -2.38. The summed E-state index contributed by atoms with van der Waals surface area (Å²) >= 11 is 0. The smallest absolute Gasteiger partial charge is 0.354 e. The van der Waals surface area contributed by atoms with Crippen molar-refractivity contribution in [3.05, 3.63) is 18.3 Å². The second-order valence-electron chi connectivity index (χ2n) is 8.50. The lowest BCUT2D eigenvalue weighted by molar-refractivity contribution is -0.116. The zero-order valence-electron chi connectivity index (χ0n) is 17.0. The van der Waals surface area contributed by atoms with Gasteiger partial charge >= 0.3 is 6.09 Å². The fourth-order valence-electron chi connectivity index (χ4n) is 4.74. The zero-order chi connectivity index (χ0) is 19.3. The summed E-state index contributed by atoms with van der Waals surface area (Å²) < 4.78 is 0. The standard InChI is InChI=1S/C21H33N5O2/c1-17-5-4-10-26(16-17)28-21(27)23-18-8-9-22-20(15-18)25-13-11-24(12-14-25)19-6-2-3-7-19/h8-9,15,17,19H,2-7,10-14,16H2,1H3,(H,22,23,27). The Morgan fingerprint density at radius 1 is 1.11 bits per heavy atom. The number of pyridine rings is 1. The molecule has 2 saturated heterocycles. The van der Waals surface area contributed by atoms with E-state index in [9.17, 15) is 4.79 Å². The molecule has 1 aliphatic carbocycles. The van der Waals surface area contributed by atoms with Gasteiger partial charge in [0.25, 0.3) is 0 Å². The molecular weight excluding hydrogens is 354 g/mol. The van der Waals surface area contributed by atoms with Crippen LogP contribution < -0.4 is 10.2 Å². The van der Waals surface area contributed by atoms with E-state index in [4.69, 9.17) is 4.84 Å². The maximum absolute atomic E-state index is 12.2. The fourth-order valence-corrected chi connectivity index (χ4v) is 4.74. The zero-order valence-corrected chi connectivity index (χ0v) is 17.0. The molecule has 1 N–H and O–H groups in total. The number of piperidine rings is 1. The second-order valence-corrected chi connectivity index (χ2v) is 8.50. The second kappa shape index (κ2) is 9.09. The number of carbonyl (C=O) groups is 1. The summed E-state index contributed by atoms with van der Waals surface area (Å²) in [6.07, 6.45) is 9.09. The van der Waals surface area contributed by atoms with Crippen molar-refractivity contribution >= 4 is 17.6 Å². The maximum Gasteiger partial charge on any atom is 0.430 e. The molecule has 0 radical (unpaired) electrons. The third-order valence-corrected chi connectivity index (χ3v) is 6.30. The van der Waals surface area contributed by atoms with Crippen molar-refractivity contribution in [3.8, 4) is 0 Å². The molecule has 1 aromatic heterocycles. The molecule has 0 bridgehead atoms. The molecule has 0 spiro atoms. The third-order valence-electron chi connectivity index (χ3n) is 6.30. The average molecular weight is 388 g/mol. The van der Waals surface area contributed by atoms with Gasteiger partial charge in [-0.1, -0.05) is 19.8 Å². The van der Waals surface area contributed by atoms with Crippen molar-refractivity contribution in [1.82, 2.24) is 14.9 Å². The average Bonchev–Trinajstić information content (AvgIpc) is 3.23. The number of piperazine rings is 1. The van der Waals surface area contributed by atoms with Crippen LogP contribution in [0.2, 0.25) is 0 Å². The number of rotatable bonds is 4. The Morgan fingerprint density at radius 2 is 1.89 bits per heavy atom. The molecule has 0 aromatic carbocycles. The van der Waals surface area contributed by atoms with E-state index in [1.807, 2.05) is 12.1 Å². The van der Waals surface area contributed by atoms with Gasteiger partial charge in [0.1, 0.15) is 5.82 Å². The van der Waals surface area contributed by atoms with Gasteiger partial charge in [0, 0.05) is 63.3 Å². The molecule has 1 saturated carbocycles. The van der Waals surface area contributed by atoms with Gasteiger partial charge in [-0.2, -0.15) is 0 Å². The summed E-state index contributed by atoms with van der Waals surface area (Å²) in [5, 5.41) is 4.63. The molecule has 3 heterocycles. The predicted molar refractivity (Wildman–Crippen MR) is 110 cm³/mol. The fraction of sp³-hybridized carbons (Fsp3) is 0.714. The van der Waals surface area contributed by atoms with E-state index in [1.165, 1.54) is 32.1 Å². The number of amides is 1. The molecule has 154 valence electrons. The summed E-state index contributed by atoms with van der Waals surface area (Å²) in [5.41, 5.74) is 0.735. The van der Waals surface area contributed by atoms with E-state index in [0.29, 0.717) is 5.92 Å². The van der Waals surface area contributed by atoms with Crippen LogP contribution in [0.25, 0.3) is 0 Å². The van der Waals surface area contributed by atoms with Crippen molar-refractivity contribution in [2.75, 3.05) is 49.5 Å². The molecule has 3 aliphatic rings. The molecule has 1 amide bonds. The summed E-state index contributed by atoms with van der Waals surface area (Å²) in [6, 6.07) is 4.55. The first-order chi connectivity index (χ1) is 13.7. The number of aromatic nitrogens is 1. The van der Waals surface area contributed by atoms with Crippen LogP contribution in [0.4, 0.5) is 16.3 Å². The normalized spacial score (nSPS) is 25.0. The van der Waals surface area contributed by atoms with Crippen LogP contribution in [-0.2, 0) is 4.84 Å². The minimum atomic E-state index is -0.419. The van der Waals surface area contributed by atoms with E-state index < -0.39 is 6.09 Å². The topological polar surface area (TPSA) is 60.9 Å². The van der Waals surface area contributed by atoms with Gasteiger partial charge in [-0.25, -0.2) is 9.78 Å². The molecule has 3 fully saturated rings. The SMILES string of the molecule is CC1CCCN(OC(=O)Nc2ccnc(N3CCN(C4CCCC4)CC3)c2)C1. The van der Waals surface area contributed by atoms with Crippen LogP contribution in [-0.4, -0.2) is 66.4 Å². The summed E-state index contributed by atoms with van der Waals surface area (Å²) in [7, 11) is 0. The van der Waals surface area contributed by atoms with Crippen LogP contribution in [0.5, 0.6) is 0 Å². The van der Waals surface area contributed by atoms with Crippen molar-refractivity contribution in [1.29, 1.82) is 0 Å². The Kier molecular flexibility index (Phi) is 6.32. The van der Waals surface area contributed by atoms with E-state index in [0.717, 1.165) is 63.2 Å². The van der Waals surface area contributed by atoms with Gasteiger partial charge in [0.15, 0.2) is 0 Å². The van der Waals surface area contributed by atoms with E-state index in [-0.39, 0.29) is 0 Å². The molecule has 2 aliphatic heterocycles. The summed E-state index contributed by atoms with van der Waals surface area (Å²) in [4.78, 5) is 27.2. The summed E-state index contributed by atoms with van der Waals surface area (Å²) in [5.74, 6) is 1.49. The monoisotopic (exact) mass is 387 g/mol. The van der Waals surface area contributed by atoms with Gasteiger partial charge < -0.3 is 9.74 Å². The number of nitrogens with one attached hydrogen (secondary N) is 1. The first kappa shape index (κ1) is 19.5. The Morgan fingerprint density at radius 3 is 2.64 bits per heavy atom. The highest BCUT2D eigenvalue weighted by Gasteiger charge is 2.26. The summed E-state index contributed by atoms with van der Waals surface area (Å²) in [6.45, 7) is 7.98. The molecular formula is C21H33N5O2. The van der Waals surface area contributed by atoms with E-state index in [1.54, 1.807) is 11.3 Å². The number of hydrogen-bond donors (Lipinski definition) is 1. The quantitative estimate of drug-likeness (QED) is 0.855. The first-order valence-corrected chi connectivity index (χ1v) is 10.9. The van der Waals surface area contributed by atoms with Gasteiger partial charge in [0.05, 0.1) is 0 Å². The van der Waals surface area contributed by atoms with Crippen LogP contribution in [0, 0.1) is 5.92 Å². The Balaban J connectivity index is 1.28. The highest BCUT2D eigenvalue weighted by atomic mass is 16.7. The minimum absolute atomic E-state index is 0.419. The maximum atomic E-state index is 12.2. The Labute approximate surface area is 168 Å². The number of hydrogen-bond acceptors (Lipinski definition) is 6. The largest absolute Gasteiger partial charge is 0.430 e. The van der Waals surface area contributed by atoms with Gasteiger partial charge in [-0.15, -0.1) is 5.06 Å². The van der Waals surface area contributed by atoms with E-state index >= 15 is 0 Å². The lowest BCUT2D eigenvalue weighted by atomic mass is 10.0. The Bertz CT molecular complexity index is 656. The molecule has 4 rings (SSSR count). The van der Waals surface area contributed by atoms with Gasteiger partial charge in [-0.05, 0) is 37.7 Å². The van der Waals surface area contributed by atoms with Crippen LogP contribution >= 0.6 is 0 Å². The molecule has 1 unspecified atom stereocenters. The molecule has 1 aromatic rings. The van der Waals surface area contributed by atoms with Crippen molar-refractivity contribution in [3.63, 3.8) is 0 Å². The van der Waals surface area contributed by atoms with Crippen LogP contribution in [0.3, 0.4) is 0 Å². The Hall–Kier alpha value is -1.86. The highest BCUT2D eigenvalue weighted by Crippen LogP contribution is 2.26. The number of hydroxylamine groups is 2. The van der Waals surface area contributed by atoms with Crippen LogP contribution in [0.1, 0.15) is 45.4 Å². The highest BCUT2D eigenvalue weighted by molar-refractivity contribution is 5.84. The predicted octanol–water partition coefficient (Wildman–Crippen LogP) is 3.34.